The quantitative estimate of drug-likeness (QED) is 0.797. The second kappa shape index (κ2) is 5.37. The maximum Gasteiger partial charge on any atom is 0.165 e. The first-order valence-electron chi connectivity index (χ1n) is 8.41. The lowest BCUT2D eigenvalue weighted by molar-refractivity contribution is 0.891. The Morgan fingerprint density at radius 1 is 1.17 bits per heavy atom. The van der Waals surface area contributed by atoms with Gasteiger partial charge in [0.05, 0.1) is 5.69 Å². The second-order valence-electron chi connectivity index (χ2n) is 6.28. The van der Waals surface area contributed by atoms with Crippen molar-refractivity contribution in [2.24, 2.45) is 0 Å². The Bertz CT molecular complexity index is 892. The van der Waals surface area contributed by atoms with Crippen molar-refractivity contribution in [1.29, 1.82) is 0 Å². The Morgan fingerprint density at radius 3 is 2.78 bits per heavy atom. The fourth-order valence-electron chi connectivity index (χ4n) is 3.65. The number of fused-ring (bicyclic) bond motifs is 2. The van der Waals surface area contributed by atoms with Gasteiger partial charge in [0, 0.05) is 23.4 Å². The fourth-order valence-corrected chi connectivity index (χ4v) is 3.65. The van der Waals surface area contributed by atoms with Gasteiger partial charge in [0.25, 0.3) is 0 Å². The van der Waals surface area contributed by atoms with Crippen LogP contribution >= 0.6 is 0 Å². The van der Waals surface area contributed by atoms with Gasteiger partial charge >= 0.3 is 0 Å². The molecule has 4 nitrogen and oxygen atoms in total. The zero-order valence-corrected chi connectivity index (χ0v) is 14.0. The number of rotatable bonds is 3. The molecule has 0 saturated heterocycles. The highest BCUT2D eigenvalue weighted by Gasteiger charge is 2.24. The molecule has 1 aliphatic rings. The number of nitrogens with zero attached hydrogens (tertiary/aromatic N) is 3. The highest BCUT2D eigenvalue weighted by molar-refractivity contribution is 5.83. The number of hydrogen-bond donors (Lipinski definition) is 1. The third kappa shape index (κ3) is 2.12. The van der Waals surface area contributed by atoms with Gasteiger partial charge in [-0.15, -0.1) is 0 Å². The van der Waals surface area contributed by atoms with E-state index >= 15 is 0 Å². The molecule has 4 rings (SSSR count). The van der Waals surface area contributed by atoms with Crippen LogP contribution in [0.15, 0.2) is 24.3 Å². The van der Waals surface area contributed by atoms with Gasteiger partial charge in [-0.05, 0) is 51.2 Å². The summed E-state index contributed by atoms with van der Waals surface area (Å²) in [6.45, 7) is 7.25. The van der Waals surface area contributed by atoms with Crippen molar-refractivity contribution in [2.45, 2.75) is 40.0 Å². The highest BCUT2D eigenvalue weighted by atomic mass is 15.3. The predicted molar refractivity (Wildman–Crippen MR) is 94.1 cm³/mol. The van der Waals surface area contributed by atoms with Crippen LogP contribution in [0.3, 0.4) is 0 Å². The third-order valence-corrected chi connectivity index (χ3v) is 4.72. The fraction of sp³-hybridized carbons (Fsp3) is 0.368. The maximum atomic E-state index is 5.00. The molecule has 23 heavy (non-hydrogen) atoms. The first-order chi connectivity index (χ1) is 11.2. The zero-order valence-electron chi connectivity index (χ0n) is 14.0. The largest absolute Gasteiger partial charge is 0.370 e. The van der Waals surface area contributed by atoms with E-state index in [0.29, 0.717) is 0 Å². The molecule has 4 heteroatoms. The van der Waals surface area contributed by atoms with Crippen LogP contribution in [0.5, 0.6) is 0 Å². The summed E-state index contributed by atoms with van der Waals surface area (Å²) in [4.78, 5) is 5.00. The van der Waals surface area contributed by atoms with E-state index in [9.17, 15) is 0 Å². The zero-order chi connectivity index (χ0) is 16.0. The Kier molecular flexibility index (Phi) is 3.33. The molecule has 0 spiro atoms. The van der Waals surface area contributed by atoms with Crippen LogP contribution in [-0.2, 0) is 12.8 Å². The minimum absolute atomic E-state index is 0.893. The lowest BCUT2D eigenvalue weighted by Gasteiger charge is -2.12. The molecule has 0 bridgehead atoms. The predicted octanol–water partition coefficient (Wildman–Crippen LogP) is 3.93. The summed E-state index contributed by atoms with van der Waals surface area (Å²) in [5.74, 6) is 1.13. The molecule has 0 radical (unpaired) electrons. The van der Waals surface area contributed by atoms with Gasteiger partial charge < -0.3 is 5.32 Å². The summed E-state index contributed by atoms with van der Waals surface area (Å²) in [6.07, 6.45) is 3.35. The number of anilines is 1. The second-order valence-corrected chi connectivity index (χ2v) is 6.28. The van der Waals surface area contributed by atoms with Crippen LogP contribution in [-0.4, -0.2) is 21.1 Å². The first kappa shape index (κ1) is 14.2. The normalized spacial score (nSPS) is 13.5. The summed E-state index contributed by atoms with van der Waals surface area (Å²) in [7, 11) is 0. The molecule has 2 aromatic heterocycles. The van der Waals surface area contributed by atoms with Crippen molar-refractivity contribution in [1.82, 2.24) is 14.6 Å². The van der Waals surface area contributed by atoms with E-state index < -0.39 is 0 Å². The monoisotopic (exact) mass is 306 g/mol. The van der Waals surface area contributed by atoms with E-state index in [2.05, 4.69) is 50.4 Å². The average Bonchev–Trinajstić information content (AvgIpc) is 3.12. The molecule has 0 atom stereocenters. The molecule has 0 saturated carbocycles. The standard InChI is InChI=1S/C19H22N4/c1-4-20-18-15-10-7-11-16(15)21-19-17(13(3)22-23(18)19)14-9-6-5-8-12(14)2/h5-6,8-9,20H,4,7,10-11H2,1-3H3. The van der Waals surface area contributed by atoms with Gasteiger partial charge in [-0.1, -0.05) is 24.3 Å². The van der Waals surface area contributed by atoms with Crippen LogP contribution < -0.4 is 5.32 Å². The van der Waals surface area contributed by atoms with Gasteiger partial charge in [0.1, 0.15) is 5.82 Å². The number of benzene rings is 1. The molecule has 1 N–H and O–H groups in total. The third-order valence-electron chi connectivity index (χ3n) is 4.72. The molecule has 0 amide bonds. The van der Waals surface area contributed by atoms with Gasteiger partial charge in [0.15, 0.2) is 5.65 Å². The van der Waals surface area contributed by atoms with Crippen molar-refractivity contribution in [3.05, 3.63) is 46.8 Å². The molecule has 0 fully saturated rings. The molecule has 1 aromatic carbocycles. The van der Waals surface area contributed by atoms with Crippen molar-refractivity contribution >= 4 is 11.5 Å². The minimum atomic E-state index is 0.893. The van der Waals surface area contributed by atoms with E-state index in [0.717, 1.165) is 42.1 Å². The smallest absolute Gasteiger partial charge is 0.165 e. The Hall–Kier alpha value is -2.36. The van der Waals surface area contributed by atoms with Crippen molar-refractivity contribution in [3.63, 3.8) is 0 Å². The molecular weight excluding hydrogens is 284 g/mol. The maximum absolute atomic E-state index is 5.00. The molecular formula is C19H22N4. The Balaban J connectivity index is 2.06. The van der Waals surface area contributed by atoms with Gasteiger partial charge in [0.2, 0.25) is 0 Å². The van der Waals surface area contributed by atoms with Crippen LogP contribution in [0.2, 0.25) is 0 Å². The summed E-state index contributed by atoms with van der Waals surface area (Å²) < 4.78 is 2.02. The van der Waals surface area contributed by atoms with Gasteiger partial charge in [-0.3, -0.25) is 0 Å². The summed E-state index contributed by atoms with van der Waals surface area (Å²) in [5, 5.41) is 8.34. The van der Waals surface area contributed by atoms with E-state index in [-0.39, 0.29) is 0 Å². The topological polar surface area (TPSA) is 42.2 Å². The first-order valence-corrected chi connectivity index (χ1v) is 8.41. The Labute approximate surface area is 136 Å². The summed E-state index contributed by atoms with van der Waals surface area (Å²) >= 11 is 0. The van der Waals surface area contributed by atoms with E-state index in [1.54, 1.807) is 0 Å². The lowest BCUT2D eigenvalue weighted by atomic mass is 10.0. The Morgan fingerprint density at radius 2 is 2.00 bits per heavy atom. The lowest BCUT2D eigenvalue weighted by Crippen LogP contribution is -2.09. The summed E-state index contributed by atoms with van der Waals surface area (Å²) in [5.41, 5.74) is 8.26. The van der Waals surface area contributed by atoms with Crippen molar-refractivity contribution < 1.29 is 0 Å². The number of nitrogens with one attached hydrogen (secondary N) is 1. The van der Waals surface area contributed by atoms with Crippen LogP contribution in [0.4, 0.5) is 5.82 Å². The van der Waals surface area contributed by atoms with Crippen LogP contribution in [0, 0.1) is 13.8 Å². The average molecular weight is 306 g/mol. The molecule has 2 heterocycles. The van der Waals surface area contributed by atoms with Crippen LogP contribution in [0.1, 0.15) is 35.9 Å². The van der Waals surface area contributed by atoms with Crippen LogP contribution in [0.25, 0.3) is 16.8 Å². The van der Waals surface area contributed by atoms with E-state index in [1.165, 1.54) is 28.8 Å². The highest BCUT2D eigenvalue weighted by Crippen LogP contribution is 2.35. The van der Waals surface area contributed by atoms with E-state index in [1.807, 2.05) is 4.52 Å². The molecule has 118 valence electrons. The molecule has 0 aliphatic heterocycles. The SMILES string of the molecule is CCNc1c2c(nc3c(-c4ccccc4C)c(C)nn13)CCC2. The number of hydrogen-bond acceptors (Lipinski definition) is 3. The van der Waals surface area contributed by atoms with Gasteiger partial charge in [-0.25, -0.2) is 4.98 Å². The minimum Gasteiger partial charge on any atom is -0.370 e. The van der Waals surface area contributed by atoms with Gasteiger partial charge in [-0.2, -0.15) is 9.61 Å². The number of aromatic nitrogens is 3. The number of aryl methyl sites for hydroxylation is 3. The van der Waals surface area contributed by atoms with Crippen molar-refractivity contribution in [3.8, 4) is 11.1 Å². The molecule has 0 unspecified atom stereocenters. The molecule has 1 aliphatic carbocycles. The van der Waals surface area contributed by atoms with Crippen molar-refractivity contribution in [2.75, 3.05) is 11.9 Å². The van der Waals surface area contributed by atoms with E-state index in [4.69, 9.17) is 10.1 Å². The summed E-state index contributed by atoms with van der Waals surface area (Å²) in [6, 6.07) is 8.48. The molecule has 3 aromatic rings.